The molecule has 5 aromatic rings. The number of nitrogens with one attached hydrogen (secondary N) is 3. The van der Waals surface area contributed by atoms with Gasteiger partial charge < -0.3 is 44.3 Å². The van der Waals surface area contributed by atoms with E-state index >= 15 is 0 Å². The number of nitrogens with zero attached hydrogens (tertiary/aromatic N) is 7. The molecule has 0 saturated carbocycles. The largest absolute Gasteiger partial charge is 0.508 e. The van der Waals surface area contributed by atoms with Gasteiger partial charge in [-0.2, -0.15) is 0 Å². The maximum atomic E-state index is 14.8. The van der Waals surface area contributed by atoms with Crippen molar-refractivity contribution in [2.24, 2.45) is 18.4 Å². The molecule has 6 bridgehead atoms. The number of fused-ring (bicyclic) bond motifs is 6. The Bertz CT molecular complexity index is 2860. The molecule has 2 aromatic heterocycles. The topological polar surface area (TPSA) is 187 Å². The summed E-state index contributed by atoms with van der Waals surface area (Å²) in [7, 11) is 11.0. The first kappa shape index (κ1) is 53.0. The summed E-state index contributed by atoms with van der Waals surface area (Å²) < 4.78 is 9.95. The van der Waals surface area contributed by atoms with Gasteiger partial charge in [0, 0.05) is 74.7 Å². The summed E-state index contributed by atoms with van der Waals surface area (Å²) in [5.74, 6) is -2.70. The molecule has 3 aromatic carbocycles. The maximum Gasteiger partial charge on any atom is 0.324 e. The van der Waals surface area contributed by atoms with E-state index in [1.165, 1.54) is 39.4 Å². The molecule has 4 amide bonds. The number of imidazole rings is 1. The van der Waals surface area contributed by atoms with Crippen LogP contribution in [0.5, 0.6) is 5.75 Å². The van der Waals surface area contributed by atoms with Crippen LogP contribution in [0.15, 0.2) is 79.0 Å². The number of aromatic nitrogens is 3. The van der Waals surface area contributed by atoms with Gasteiger partial charge in [-0.3, -0.25) is 29.0 Å². The number of phenols is 1. The lowest BCUT2D eigenvalue weighted by Gasteiger charge is -2.36. The quantitative estimate of drug-likeness (QED) is 0.0802. The van der Waals surface area contributed by atoms with E-state index < -0.39 is 53.1 Å². The van der Waals surface area contributed by atoms with Crippen molar-refractivity contribution >= 4 is 46.3 Å². The predicted octanol–water partition coefficient (Wildman–Crippen LogP) is 6.00. The van der Waals surface area contributed by atoms with Crippen LogP contribution in [0.1, 0.15) is 74.8 Å². The second-order valence-electron chi connectivity index (χ2n) is 20.9. The first-order chi connectivity index (χ1) is 34.2. The van der Waals surface area contributed by atoms with Crippen LogP contribution in [0.25, 0.3) is 33.3 Å². The molecule has 17 nitrogen and oxygen atoms in total. The van der Waals surface area contributed by atoms with Crippen molar-refractivity contribution < 1.29 is 33.8 Å². The average molecular weight is 985 g/mol. The van der Waals surface area contributed by atoms with Gasteiger partial charge in [-0.25, -0.2) is 10.4 Å². The summed E-state index contributed by atoms with van der Waals surface area (Å²) >= 11 is 0. The number of aromatic hydroxyl groups is 1. The third-order valence-electron chi connectivity index (χ3n) is 13.4. The zero-order valence-corrected chi connectivity index (χ0v) is 43.7. The van der Waals surface area contributed by atoms with E-state index in [1.54, 1.807) is 39.1 Å². The molecule has 0 radical (unpaired) electrons. The fourth-order valence-corrected chi connectivity index (χ4v) is 9.97. The Balaban J connectivity index is 1.27. The molecule has 17 heteroatoms. The van der Waals surface area contributed by atoms with E-state index in [-0.39, 0.29) is 42.9 Å². The summed E-state index contributed by atoms with van der Waals surface area (Å²) in [6.07, 6.45) is 5.98. The molecule has 0 spiro atoms. The summed E-state index contributed by atoms with van der Waals surface area (Å²) in [5, 5.41) is 19.5. The minimum Gasteiger partial charge on any atom is -0.508 e. The number of amides is 4. The minimum atomic E-state index is -1.20. The molecule has 4 N–H and O–H groups in total. The van der Waals surface area contributed by atoms with E-state index in [0.717, 1.165) is 45.4 Å². The summed E-state index contributed by atoms with van der Waals surface area (Å²) in [4.78, 5) is 80.0. The lowest BCUT2D eigenvalue weighted by Crippen LogP contribution is -2.62. The fraction of sp³-hybridized carbons (Fsp3) is 0.455. The normalized spacial score (nSPS) is 17.9. The highest BCUT2D eigenvalue weighted by atomic mass is 16.5. The summed E-state index contributed by atoms with van der Waals surface area (Å²) in [5.41, 5.74) is 10.4. The Morgan fingerprint density at radius 1 is 1.00 bits per heavy atom. The van der Waals surface area contributed by atoms with Crippen molar-refractivity contribution in [2.75, 3.05) is 60.3 Å². The lowest BCUT2D eigenvalue weighted by atomic mass is 9.84. The molecule has 7 rings (SSSR count). The van der Waals surface area contributed by atoms with E-state index in [1.807, 2.05) is 31.1 Å². The number of hydrogen-bond donors (Lipinski definition) is 4. The van der Waals surface area contributed by atoms with Crippen LogP contribution in [0.3, 0.4) is 0 Å². The minimum absolute atomic E-state index is 0.0103. The molecule has 0 aliphatic carbocycles. The molecule has 2 aliphatic rings. The van der Waals surface area contributed by atoms with Gasteiger partial charge in [0.25, 0.3) is 11.8 Å². The number of rotatable bonds is 13. The third kappa shape index (κ3) is 11.9. The van der Waals surface area contributed by atoms with Crippen LogP contribution in [0, 0.1) is 11.3 Å². The Kier molecular flexibility index (Phi) is 16.4. The third-order valence-corrected chi connectivity index (χ3v) is 13.4. The van der Waals surface area contributed by atoms with Gasteiger partial charge in [-0.1, -0.05) is 70.2 Å². The van der Waals surface area contributed by atoms with Crippen molar-refractivity contribution in [1.82, 2.24) is 44.6 Å². The SMILES string of the molecule is CCn1c(-c2ccccc2CN(C)C)c2c3cc(ccc31)-c1cc(O)cc(c1)C[C@H](NC(=O)[C@@H](C(C)C)N(C)C(=O)c1ncc(NC(=O)/C=C/CN(C)C)n1C)C(=O)N1CCC[C@H](N1)C(=O)OCC(C)(C)C2. The average Bonchev–Trinajstić information content (AvgIpc) is 3.83. The van der Waals surface area contributed by atoms with E-state index in [0.29, 0.717) is 37.9 Å². The molecular weight excluding hydrogens is 913 g/mol. The Labute approximate surface area is 423 Å². The number of benzene rings is 3. The highest BCUT2D eigenvalue weighted by molar-refractivity contribution is 6.01. The highest BCUT2D eigenvalue weighted by Gasteiger charge is 2.38. The first-order valence-corrected chi connectivity index (χ1v) is 24.8. The van der Waals surface area contributed by atoms with Crippen LogP contribution >= 0.6 is 0 Å². The van der Waals surface area contributed by atoms with Gasteiger partial charge in [-0.15, -0.1) is 0 Å². The number of cyclic esters (lactones) is 1. The Hall–Kier alpha value is -6.82. The fourth-order valence-electron chi connectivity index (χ4n) is 9.97. The monoisotopic (exact) mass is 985 g/mol. The highest BCUT2D eigenvalue weighted by Crippen LogP contribution is 2.41. The van der Waals surface area contributed by atoms with Gasteiger partial charge >= 0.3 is 5.97 Å². The molecule has 72 heavy (non-hydrogen) atoms. The van der Waals surface area contributed by atoms with E-state index in [9.17, 15) is 29.1 Å². The zero-order chi connectivity index (χ0) is 52.2. The van der Waals surface area contributed by atoms with Crippen molar-refractivity contribution in [2.45, 2.75) is 91.5 Å². The predicted molar refractivity (Wildman–Crippen MR) is 280 cm³/mol. The maximum absolute atomic E-state index is 14.8. The number of esters is 1. The van der Waals surface area contributed by atoms with Crippen molar-refractivity contribution in [3.05, 3.63) is 102 Å². The van der Waals surface area contributed by atoms with Gasteiger partial charge in [-0.05, 0) is 112 Å². The molecule has 3 atom stereocenters. The molecule has 1 saturated heterocycles. The molecule has 2 aliphatic heterocycles. The Morgan fingerprint density at radius 3 is 2.46 bits per heavy atom. The summed E-state index contributed by atoms with van der Waals surface area (Å²) in [6, 6.07) is 16.9. The number of aryl methyl sites for hydroxylation is 1. The standard InChI is InChI=1S/C55H72N10O7/c1-12-64-45-22-21-36-29-41(45)42(49(64)40-18-14-13-17-37(40)32-61(8)9)30-55(4,5)33-72-54(71)43-19-15-24-65(59-43)52(69)44(27-35-25-38(36)28-39(66)26-35)57-51(68)48(34(2)3)63(11)53(70)50-56-31-46(62(50)10)58-47(67)20-16-23-60(6)7/h13-14,16-18,20-22,25-26,28-29,31,34,43-44,48,59,66H,12,15,19,23-24,27,30,32-33H2,1-11H3,(H,57,68)(H,58,67)/b20-16+/t43-,44-,48+/m0/s1. The molecule has 384 valence electrons. The van der Waals surface area contributed by atoms with Gasteiger partial charge in [0.05, 0.1) is 18.5 Å². The zero-order valence-electron chi connectivity index (χ0n) is 43.7. The number of likely N-dealkylation sites (N-methyl/N-ethyl adjacent to an activating group) is 2. The van der Waals surface area contributed by atoms with Crippen LogP contribution < -0.4 is 16.1 Å². The molecule has 4 heterocycles. The molecule has 0 unspecified atom stereocenters. The molecule has 1 fully saturated rings. The number of hydrogen-bond acceptors (Lipinski definition) is 11. The van der Waals surface area contributed by atoms with Crippen molar-refractivity contribution in [3.63, 3.8) is 0 Å². The smallest absolute Gasteiger partial charge is 0.324 e. The Morgan fingerprint density at radius 2 is 1.75 bits per heavy atom. The van der Waals surface area contributed by atoms with Gasteiger partial charge in [0.2, 0.25) is 17.6 Å². The van der Waals surface area contributed by atoms with Gasteiger partial charge in [0.1, 0.15) is 29.7 Å². The summed E-state index contributed by atoms with van der Waals surface area (Å²) in [6.45, 7) is 12.3. The van der Waals surface area contributed by atoms with Crippen LogP contribution in [-0.4, -0.2) is 142 Å². The van der Waals surface area contributed by atoms with Crippen molar-refractivity contribution in [3.8, 4) is 28.1 Å². The van der Waals surface area contributed by atoms with E-state index in [4.69, 9.17) is 4.74 Å². The number of anilines is 1. The second-order valence-corrected chi connectivity index (χ2v) is 20.9. The van der Waals surface area contributed by atoms with Crippen LogP contribution in [0.4, 0.5) is 5.82 Å². The van der Waals surface area contributed by atoms with Crippen LogP contribution in [-0.2, 0) is 56.9 Å². The van der Waals surface area contributed by atoms with Crippen LogP contribution in [0.2, 0.25) is 0 Å². The number of phenolic OH excluding ortho intramolecular Hbond substituents is 1. The number of hydrazine groups is 1. The number of carbonyl (C=O) groups is 5. The molecular formula is C55H72N10O7. The second kappa shape index (κ2) is 22.3. The van der Waals surface area contributed by atoms with Gasteiger partial charge in [0.15, 0.2) is 0 Å². The first-order valence-electron chi connectivity index (χ1n) is 24.8. The lowest BCUT2D eigenvalue weighted by molar-refractivity contribution is -0.155. The number of ether oxygens (including phenoxy) is 1. The number of carbonyl (C=O) groups excluding carboxylic acids is 5. The van der Waals surface area contributed by atoms with Crippen molar-refractivity contribution in [1.29, 1.82) is 0 Å². The van der Waals surface area contributed by atoms with E-state index in [2.05, 4.69) is 102 Å².